The molecule has 0 aromatic carbocycles. The molecule has 0 fully saturated rings. The van der Waals surface area contributed by atoms with Crippen LogP contribution in [0.3, 0.4) is 0 Å². The maximum Gasteiger partial charge on any atom is 0.148 e. The Hall–Kier alpha value is -0.670. The second-order valence-corrected chi connectivity index (χ2v) is 1.93. The van der Waals surface area contributed by atoms with Crippen molar-refractivity contribution in [3.8, 4) is 0 Å². The molecule has 2 N–H and O–H groups in total. The summed E-state index contributed by atoms with van der Waals surface area (Å²) < 4.78 is 0. The van der Waals surface area contributed by atoms with Gasteiger partial charge in [0.15, 0.2) is 0 Å². The monoisotopic (exact) mass is 144 g/mol. The van der Waals surface area contributed by atoms with Crippen LogP contribution in [-0.4, -0.2) is 29.2 Å². The van der Waals surface area contributed by atoms with Crippen LogP contribution in [0.5, 0.6) is 0 Å². The van der Waals surface area contributed by atoms with Gasteiger partial charge in [0.25, 0.3) is 0 Å². The average molecular weight is 144 g/mol. The van der Waals surface area contributed by atoms with Crippen molar-refractivity contribution in [2.75, 3.05) is 6.61 Å². The fourth-order valence-corrected chi connectivity index (χ4v) is 0.604. The summed E-state index contributed by atoms with van der Waals surface area (Å²) in [5.41, 5.74) is 0.255. The van der Waals surface area contributed by atoms with E-state index in [2.05, 4.69) is 0 Å². The van der Waals surface area contributed by atoms with Crippen LogP contribution in [-0.2, 0) is 4.79 Å². The van der Waals surface area contributed by atoms with E-state index in [0.717, 1.165) is 0 Å². The molecule has 0 aliphatic heterocycles. The minimum Gasteiger partial charge on any atom is -0.393 e. The van der Waals surface area contributed by atoms with E-state index >= 15 is 0 Å². The van der Waals surface area contributed by atoms with Crippen LogP contribution in [0.4, 0.5) is 0 Å². The van der Waals surface area contributed by atoms with Gasteiger partial charge in [-0.15, -0.1) is 0 Å². The lowest BCUT2D eigenvalue weighted by molar-refractivity contribution is -0.106. The van der Waals surface area contributed by atoms with Crippen molar-refractivity contribution in [3.63, 3.8) is 0 Å². The van der Waals surface area contributed by atoms with Gasteiger partial charge in [-0.3, -0.25) is 4.79 Å². The molecule has 10 heavy (non-hydrogen) atoms. The molecule has 0 aliphatic rings. The zero-order chi connectivity index (χ0) is 7.98. The SMILES string of the molecule is CCC=C(C=O)C(O)CO. The summed E-state index contributed by atoms with van der Waals surface area (Å²) in [5.74, 6) is 0. The van der Waals surface area contributed by atoms with Gasteiger partial charge in [0.1, 0.15) is 12.4 Å². The van der Waals surface area contributed by atoms with Crippen molar-refractivity contribution in [2.45, 2.75) is 19.4 Å². The molecule has 0 heterocycles. The lowest BCUT2D eigenvalue weighted by atomic mass is 10.1. The van der Waals surface area contributed by atoms with Crippen molar-refractivity contribution in [1.29, 1.82) is 0 Å². The predicted octanol–water partition coefficient (Wildman–Crippen LogP) is -0.125. The number of aldehydes is 1. The summed E-state index contributed by atoms with van der Waals surface area (Å²) in [7, 11) is 0. The minimum atomic E-state index is -1.02. The maximum absolute atomic E-state index is 10.2. The average Bonchev–Trinajstić information content (AvgIpc) is 1.99. The second kappa shape index (κ2) is 5.14. The highest BCUT2D eigenvalue weighted by Crippen LogP contribution is 1.98. The fraction of sp³-hybridized carbons (Fsp3) is 0.571. The smallest absolute Gasteiger partial charge is 0.148 e. The quantitative estimate of drug-likeness (QED) is 0.427. The number of allylic oxidation sites excluding steroid dienone is 1. The van der Waals surface area contributed by atoms with Gasteiger partial charge in [-0.05, 0) is 6.42 Å². The van der Waals surface area contributed by atoms with Crippen LogP contribution in [0.1, 0.15) is 13.3 Å². The van der Waals surface area contributed by atoms with Crippen molar-refractivity contribution >= 4 is 6.29 Å². The van der Waals surface area contributed by atoms with Crippen LogP contribution in [0.15, 0.2) is 11.6 Å². The minimum absolute atomic E-state index is 0.255. The standard InChI is InChI=1S/C7H12O3/c1-2-3-6(4-8)7(10)5-9/h3-4,7,9-10H,2,5H2,1H3. The maximum atomic E-state index is 10.2. The molecule has 0 rings (SSSR count). The van der Waals surface area contributed by atoms with Crippen LogP contribution in [0.25, 0.3) is 0 Å². The Bertz CT molecular complexity index is 129. The van der Waals surface area contributed by atoms with Gasteiger partial charge in [-0.2, -0.15) is 0 Å². The van der Waals surface area contributed by atoms with E-state index in [9.17, 15) is 4.79 Å². The Kier molecular flexibility index (Phi) is 4.80. The summed E-state index contributed by atoms with van der Waals surface area (Å²) >= 11 is 0. The van der Waals surface area contributed by atoms with Gasteiger partial charge < -0.3 is 10.2 Å². The zero-order valence-corrected chi connectivity index (χ0v) is 5.95. The summed E-state index contributed by atoms with van der Waals surface area (Å²) in [6.45, 7) is 1.46. The highest BCUT2D eigenvalue weighted by atomic mass is 16.3. The Morgan fingerprint density at radius 2 is 2.30 bits per heavy atom. The molecule has 0 saturated heterocycles. The number of carbonyl (C=O) groups excluding carboxylic acids is 1. The number of carbonyl (C=O) groups is 1. The summed E-state index contributed by atoms with van der Waals surface area (Å²) in [6.07, 6.45) is 1.82. The molecule has 1 atom stereocenters. The number of hydrogen-bond acceptors (Lipinski definition) is 3. The van der Waals surface area contributed by atoms with Crippen molar-refractivity contribution in [2.24, 2.45) is 0 Å². The molecular weight excluding hydrogens is 132 g/mol. The Balaban J connectivity index is 4.05. The van der Waals surface area contributed by atoms with Gasteiger partial charge in [0, 0.05) is 5.57 Å². The lowest BCUT2D eigenvalue weighted by Gasteiger charge is -2.04. The molecule has 0 aromatic rings. The number of aliphatic hydroxyl groups excluding tert-OH is 2. The van der Waals surface area contributed by atoms with Gasteiger partial charge in [0.05, 0.1) is 6.61 Å². The summed E-state index contributed by atoms with van der Waals surface area (Å²) in [5, 5.41) is 17.3. The predicted molar refractivity (Wildman–Crippen MR) is 37.5 cm³/mol. The summed E-state index contributed by atoms with van der Waals surface area (Å²) in [4.78, 5) is 10.2. The first kappa shape index (κ1) is 9.33. The normalized spacial score (nSPS) is 14.9. The van der Waals surface area contributed by atoms with E-state index in [4.69, 9.17) is 10.2 Å². The molecule has 0 amide bonds. The Morgan fingerprint density at radius 3 is 2.60 bits per heavy atom. The number of aliphatic hydroxyl groups is 2. The molecule has 3 nitrogen and oxygen atoms in total. The molecule has 0 spiro atoms. The first-order valence-electron chi connectivity index (χ1n) is 3.20. The molecule has 0 radical (unpaired) electrons. The highest BCUT2D eigenvalue weighted by Gasteiger charge is 2.06. The lowest BCUT2D eigenvalue weighted by Crippen LogP contribution is -2.15. The molecule has 3 heteroatoms. The van der Waals surface area contributed by atoms with E-state index in [1.807, 2.05) is 6.92 Å². The van der Waals surface area contributed by atoms with Crippen LogP contribution in [0.2, 0.25) is 0 Å². The van der Waals surface area contributed by atoms with Crippen molar-refractivity contribution in [1.82, 2.24) is 0 Å². The fourth-order valence-electron chi connectivity index (χ4n) is 0.604. The number of rotatable bonds is 4. The van der Waals surface area contributed by atoms with E-state index in [-0.39, 0.29) is 5.57 Å². The van der Waals surface area contributed by atoms with Crippen LogP contribution in [0, 0.1) is 0 Å². The molecule has 0 aromatic heterocycles. The first-order chi connectivity index (χ1) is 4.76. The molecule has 0 bridgehead atoms. The van der Waals surface area contributed by atoms with Gasteiger partial charge >= 0.3 is 0 Å². The molecule has 1 unspecified atom stereocenters. The van der Waals surface area contributed by atoms with Crippen molar-refractivity contribution in [3.05, 3.63) is 11.6 Å². The topological polar surface area (TPSA) is 57.5 Å². The second-order valence-electron chi connectivity index (χ2n) is 1.93. The van der Waals surface area contributed by atoms with Gasteiger partial charge in [-0.25, -0.2) is 0 Å². The van der Waals surface area contributed by atoms with Gasteiger partial charge in [-0.1, -0.05) is 13.0 Å². The summed E-state index contributed by atoms with van der Waals surface area (Å²) in [6, 6.07) is 0. The van der Waals surface area contributed by atoms with E-state index in [0.29, 0.717) is 12.7 Å². The number of hydrogen-bond donors (Lipinski definition) is 2. The third-order valence-electron chi connectivity index (χ3n) is 1.13. The van der Waals surface area contributed by atoms with E-state index < -0.39 is 12.7 Å². The molecule has 0 saturated carbocycles. The first-order valence-corrected chi connectivity index (χ1v) is 3.20. The zero-order valence-electron chi connectivity index (χ0n) is 5.95. The third kappa shape index (κ3) is 2.75. The van der Waals surface area contributed by atoms with Crippen LogP contribution < -0.4 is 0 Å². The Labute approximate surface area is 60.0 Å². The van der Waals surface area contributed by atoms with E-state index in [1.54, 1.807) is 6.08 Å². The highest BCUT2D eigenvalue weighted by molar-refractivity contribution is 5.74. The van der Waals surface area contributed by atoms with Crippen LogP contribution >= 0.6 is 0 Å². The molecular formula is C7H12O3. The Morgan fingerprint density at radius 1 is 1.70 bits per heavy atom. The van der Waals surface area contributed by atoms with E-state index in [1.165, 1.54) is 0 Å². The van der Waals surface area contributed by atoms with Crippen molar-refractivity contribution < 1.29 is 15.0 Å². The third-order valence-corrected chi connectivity index (χ3v) is 1.13. The largest absolute Gasteiger partial charge is 0.393 e. The molecule has 58 valence electrons. The van der Waals surface area contributed by atoms with Gasteiger partial charge in [0.2, 0.25) is 0 Å². The molecule has 0 aliphatic carbocycles.